The molecule has 0 amide bonds. The average molecular weight is 828 g/mol. The molecule has 0 aliphatic carbocycles. The first-order chi connectivity index (χ1) is 23.5. The van der Waals surface area contributed by atoms with Crippen LogP contribution in [-0.4, -0.2) is 22.6 Å². The molecular weight excluding hydrogens is 795 g/mol. The van der Waals surface area contributed by atoms with Crippen molar-refractivity contribution in [2.45, 2.75) is 19.6 Å². The smallest absolute Gasteiger partial charge is 0.120 e. The Morgan fingerprint density at radius 3 is 2.08 bits per heavy atom. The van der Waals surface area contributed by atoms with Crippen molar-refractivity contribution in [2.75, 3.05) is 0 Å². The maximum Gasteiger partial charge on any atom is 0.120 e. The maximum atomic E-state index is 6.25. The molecular formula is C43H33IrN3OSi-2. The molecule has 0 spiro atoms. The van der Waals surface area contributed by atoms with Gasteiger partial charge in [-0.1, -0.05) is 103 Å². The molecule has 0 fully saturated rings. The van der Waals surface area contributed by atoms with Gasteiger partial charge in [0.05, 0.1) is 19.2 Å². The fourth-order valence-corrected chi connectivity index (χ4v) is 7.32. The van der Waals surface area contributed by atoms with Crippen LogP contribution in [0.15, 0.2) is 150 Å². The van der Waals surface area contributed by atoms with Crippen LogP contribution in [-0.2, 0) is 20.1 Å². The molecule has 4 heterocycles. The Hall–Kier alpha value is -5.13. The molecule has 241 valence electrons. The van der Waals surface area contributed by atoms with Gasteiger partial charge in [0.2, 0.25) is 0 Å². The zero-order valence-electron chi connectivity index (χ0n) is 27.4. The van der Waals surface area contributed by atoms with E-state index in [-0.39, 0.29) is 20.1 Å². The monoisotopic (exact) mass is 828 g/mol. The van der Waals surface area contributed by atoms with Crippen LogP contribution in [0.3, 0.4) is 0 Å². The third-order valence-electron chi connectivity index (χ3n) is 8.78. The van der Waals surface area contributed by atoms with Crippen molar-refractivity contribution in [1.29, 1.82) is 0 Å². The molecule has 5 aromatic carbocycles. The summed E-state index contributed by atoms with van der Waals surface area (Å²) in [5, 5.41) is 5.91. The summed E-state index contributed by atoms with van der Waals surface area (Å²) in [5.41, 5.74) is 8.90. The molecule has 6 heteroatoms. The summed E-state index contributed by atoms with van der Waals surface area (Å²) < 4.78 is 8.55. The van der Waals surface area contributed by atoms with E-state index in [2.05, 4.69) is 120 Å². The van der Waals surface area contributed by atoms with Crippen molar-refractivity contribution in [2.24, 2.45) is 0 Å². The number of fused-ring (bicyclic) bond motifs is 6. The van der Waals surface area contributed by atoms with E-state index in [1.807, 2.05) is 67.0 Å². The second kappa shape index (κ2) is 13.4. The molecule has 4 aromatic heterocycles. The second-order valence-electron chi connectivity index (χ2n) is 12.9. The van der Waals surface area contributed by atoms with Gasteiger partial charge in [-0.15, -0.1) is 54.1 Å². The van der Waals surface area contributed by atoms with Gasteiger partial charge in [0.25, 0.3) is 0 Å². The van der Waals surface area contributed by atoms with E-state index in [4.69, 9.17) is 9.40 Å². The van der Waals surface area contributed by atoms with Crippen LogP contribution in [0.1, 0.15) is 0 Å². The number of hydrogen-bond donors (Lipinski definition) is 0. The Morgan fingerprint density at radius 1 is 0.592 bits per heavy atom. The molecule has 0 bridgehead atoms. The van der Waals surface area contributed by atoms with Crippen molar-refractivity contribution in [3.05, 3.63) is 158 Å². The number of aromatic nitrogens is 3. The standard InChI is InChI=1S/C29H17N2O.C14H16NSi.Ir/c1-2-9-19(10-3-1)31-26-15-6-4-11-20(26)24-18-30-25(17-27(24)31)23-14-8-13-22-21-12-5-7-16-28(21)32-29(22)23;1-16(2,3)13-9-10-14(15-11-13)12-7-5-4-6-8-12;/h1-13,15-18H;4-7,9-11H,1-3H3;/q2*-1;. The molecule has 4 nitrogen and oxygen atoms in total. The van der Waals surface area contributed by atoms with Gasteiger partial charge in [0.1, 0.15) is 5.58 Å². The maximum absolute atomic E-state index is 6.25. The summed E-state index contributed by atoms with van der Waals surface area (Å²) in [7, 11) is -1.23. The average Bonchev–Trinajstić information content (AvgIpc) is 3.68. The van der Waals surface area contributed by atoms with Gasteiger partial charge in [0, 0.05) is 59.9 Å². The number of furan rings is 1. The normalized spacial score (nSPS) is 11.4. The fraction of sp³-hybridized carbons (Fsp3) is 0.0698. The Labute approximate surface area is 300 Å². The Kier molecular flexibility index (Phi) is 8.87. The molecule has 49 heavy (non-hydrogen) atoms. The second-order valence-corrected chi connectivity index (χ2v) is 18.0. The molecule has 9 rings (SSSR count). The molecule has 0 N–H and O–H groups in total. The molecule has 0 unspecified atom stereocenters. The minimum atomic E-state index is -1.23. The van der Waals surface area contributed by atoms with Gasteiger partial charge in [0.15, 0.2) is 0 Å². The SMILES string of the molecule is C[Si](C)(C)c1ccc(-c2[c-]cccc2)nc1.[Ir].[c-]1ccc2c(oc3ccccc32)c1-c1cc2c(cn1)c1ccccc1n2-c1ccccc1. The first-order valence-electron chi connectivity index (χ1n) is 16.2. The predicted molar refractivity (Wildman–Crippen MR) is 202 cm³/mol. The zero-order chi connectivity index (χ0) is 32.7. The summed E-state index contributed by atoms with van der Waals surface area (Å²) >= 11 is 0. The predicted octanol–water partition coefficient (Wildman–Crippen LogP) is 10.6. The van der Waals surface area contributed by atoms with Crippen molar-refractivity contribution >= 4 is 57.0 Å². The van der Waals surface area contributed by atoms with Gasteiger partial charge in [-0.2, -0.15) is 0 Å². The number of pyridine rings is 2. The third-order valence-corrected chi connectivity index (χ3v) is 10.8. The Morgan fingerprint density at radius 2 is 1.33 bits per heavy atom. The van der Waals surface area contributed by atoms with E-state index < -0.39 is 8.07 Å². The number of para-hydroxylation sites is 3. The van der Waals surface area contributed by atoms with E-state index in [1.165, 1.54) is 16.1 Å². The van der Waals surface area contributed by atoms with Crippen molar-refractivity contribution in [1.82, 2.24) is 14.5 Å². The van der Waals surface area contributed by atoms with Crippen molar-refractivity contribution in [3.8, 4) is 28.2 Å². The molecule has 0 aliphatic heterocycles. The first kappa shape index (κ1) is 32.4. The molecule has 0 saturated heterocycles. The minimum absolute atomic E-state index is 0. The molecule has 0 atom stereocenters. The number of benzene rings is 5. The summed E-state index contributed by atoms with van der Waals surface area (Å²) in [6, 6.07) is 52.1. The summed E-state index contributed by atoms with van der Waals surface area (Å²) in [6.07, 6.45) is 3.99. The van der Waals surface area contributed by atoms with E-state index in [9.17, 15) is 0 Å². The fourth-order valence-electron chi connectivity index (χ4n) is 6.29. The van der Waals surface area contributed by atoms with E-state index in [0.29, 0.717) is 0 Å². The topological polar surface area (TPSA) is 43.9 Å². The van der Waals surface area contributed by atoms with Gasteiger partial charge in [-0.3, -0.25) is 0 Å². The summed E-state index contributed by atoms with van der Waals surface area (Å²) in [4.78, 5) is 9.37. The van der Waals surface area contributed by atoms with Crippen LogP contribution in [0.4, 0.5) is 0 Å². The minimum Gasteiger partial charge on any atom is -0.501 e. The van der Waals surface area contributed by atoms with Crippen LogP contribution < -0.4 is 5.19 Å². The Bertz CT molecular complexity index is 2530. The summed E-state index contributed by atoms with van der Waals surface area (Å²) in [6.45, 7) is 7.00. The largest absolute Gasteiger partial charge is 0.501 e. The molecule has 0 saturated carbocycles. The number of hydrogen-bond acceptors (Lipinski definition) is 3. The van der Waals surface area contributed by atoms with Crippen LogP contribution in [0.2, 0.25) is 19.6 Å². The third kappa shape index (κ3) is 6.15. The van der Waals surface area contributed by atoms with E-state index in [0.717, 1.165) is 61.0 Å². The van der Waals surface area contributed by atoms with Crippen LogP contribution >= 0.6 is 0 Å². The van der Waals surface area contributed by atoms with E-state index in [1.54, 1.807) is 0 Å². The van der Waals surface area contributed by atoms with Crippen molar-refractivity contribution in [3.63, 3.8) is 0 Å². The summed E-state index contributed by atoms with van der Waals surface area (Å²) in [5.74, 6) is 0. The molecule has 9 aromatic rings. The van der Waals surface area contributed by atoms with Crippen LogP contribution in [0, 0.1) is 12.1 Å². The quantitative estimate of drug-likeness (QED) is 0.131. The van der Waals surface area contributed by atoms with Crippen LogP contribution in [0.5, 0.6) is 0 Å². The molecule has 0 aliphatic rings. The zero-order valence-corrected chi connectivity index (χ0v) is 30.8. The van der Waals surface area contributed by atoms with Gasteiger partial charge in [-0.25, -0.2) is 0 Å². The number of nitrogens with zero attached hydrogens (tertiary/aromatic N) is 3. The Balaban J connectivity index is 0.000000189. The number of rotatable bonds is 4. The van der Waals surface area contributed by atoms with E-state index >= 15 is 0 Å². The van der Waals surface area contributed by atoms with Crippen LogP contribution in [0.25, 0.3) is 71.9 Å². The van der Waals surface area contributed by atoms with Crippen molar-refractivity contribution < 1.29 is 24.5 Å². The first-order valence-corrected chi connectivity index (χ1v) is 19.7. The van der Waals surface area contributed by atoms with Gasteiger partial charge in [-0.05, 0) is 40.8 Å². The molecule has 1 radical (unpaired) electrons. The van der Waals surface area contributed by atoms with Gasteiger partial charge < -0.3 is 19.0 Å². The van der Waals surface area contributed by atoms with Gasteiger partial charge >= 0.3 is 0 Å².